The molecule has 5 heteroatoms. The minimum Gasteiger partial charge on any atom is -0.507 e. The summed E-state index contributed by atoms with van der Waals surface area (Å²) >= 11 is 0. The Hall–Kier alpha value is -2.56. The fourth-order valence-electron chi connectivity index (χ4n) is 2.72. The average molecular weight is 297 g/mol. The molecule has 0 spiro atoms. The van der Waals surface area contributed by atoms with Crippen molar-refractivity contribution in [3.63, 3.8) is 0 Å². The van der Waals surface area contributed by atoms with Gasteiger partial charge in [0, 0.05) is 28.8 Å². The highest BCUT2D eigenvalue weighted by Crippen LogP contribution is 2.34. The molecule has 2 heterocycles. The van der Waals surface area contributed by atoms with E-state index < -0.39 is 0 Å². The van der Waals surface area contributed by atoms with Crippen LogP contribution in [0, 0.1) is 6.92 Å². The standard InChI is InChI=1S/C17H19N3O2/c1-4-5-13-12(9-18-20-13)14-8-15(21)11-6-7-16(22-3)10(2)17(11)19-14/h6-9H,4-5H2,1-3H3,(H,18,20)(H,19,21). The number of nitrogens with one attached hydrogen (secondary N) is 1. The summed E-state index contributed by atoms with van der Waals surface area (Å²) in [5.74, 6) is 0.979. The molecule has 3 aromatic rings. The Morgan fingerprint density at radius 1 is 1.32 bits per heavy atom. The van der Waals surface area contributed by atoms with E-state index in [-0.39, 0.29) is 5.75 Å². The number of aromatic hydroxyl groups is 1. The molecule has 0 radical (unpaired) electrons. The third kappa shape index (κ3) is 2.28. The summed E-state index contributed by atoms with van der Waals surface area (Å²) in [6.45, 7) is 4.05. The second-order valence-corrected chi connectivity index (χ2v) is 5.31. The highest BCUT2D eigenvalue weighted by atomic mass is 16.5. The molecule has 0 amide bonds. The number of H-pyrrole nitrogens is 1. The van der Waals surface area contributed by atoms with E-state index in [0.29, 0.717) is 0 Å². The summed E-state index contributed by atoms with van der Waals surface area (Å²) in [5, 5.41) is 18.2. The number of methoxy groups -OCH3 is 1. The molecule has 0 saturated carbocycles. The molecule has 0 aliphatic rings. The van der Waals surface area contributed by atoms with Crippen molar-refractivity contribution in [3.8, 4) is 22.8 Å². The van der Waals surface area contributed by atoms with Crippen molar-refractivity contribution < 1.29 is 9.84 Å². The van der Waals surface area contributed by atoms with Gasteiger partial charge in [0.15, 0.2) is 0 Å². The lowest BCUT2D eigenvalue weighted by Gasteiger charge is -2.10. The number of aryl methyl sites for hydroxylation is 2. The molecule has 0 atom stereocenters. The Bertz CT molecular complexity index is 824. The summed E-state index contributed by atoms with van der Waals surface area (Å²) in [7, 11) is 1.63. The van der Waals surface area contributed by atoms with E-state index in [1.54, 1.807) is 13.2 Å². The summed E-state index contributed by atoms with van der Waals surface area (Å²) in [6, 6.07) is 5.37. The molecule has 0 unspecified atom stereocenters. The van der Waals surface area contributed by atoms with Gasteiger partial charge in [-0.2, -0.15) is 5.10 Å². The number of benzene rings is 1. The normalized spacial score (nSPS) is 11.0. The molecular weight excluding hydrogens is 278 g/mol. The fraction of sp³-hybridized carbons (Fsp3) is 0.294. The first-order chi connectivity index (χ1) is 10.7. The number of rotatable bonds is 4. The van der Waals surface area contributed by atoms with Crippen molar-refractivity contribution in [1.82, 2.24) is 15.2 Å². The molecule has 0 aliphatic heterocycles. The zero-order chi connectivity index (χ0) is 15.7. The van der Waals surface area contributed by atoms with Crippen molar-refractivity contribution in [2.75, 3.05) is 7.11 Å². The van der Waals surface area contributed by atoms with Crippen LogP contribution >= 0.6 is 0 Å². The van der Waals surface area contributed by atoms with Gasteiger partial charge in [0.1, 0.15) is 11.5 Å². The predicted molar refractivity (Wildman–Crippen MR) is 86.3 cm³/mol. The monoisotopic (exact) mass is 297 g/mol. The quantitative estimate of drug-likeness (QED) is 0.772. The van der Waals surface area contributed by atoms with E-state index in [1.165, 1.54) is 0 Å². The van der Waals surface area contributed by atoms with Crippen LogP contribution in [0.1, 0.15) is 24.6 Å². The zero-order valence-corrected chi connectivity index (χ0v) is 13.0. The SMILES string of the molecule is CCCc1n[nH]cc1-c1cc(O)c2ccc(OC)c(C)c2n1. The largest absolute Gasteiger partial charge is 0.507 e. The van der Waals surface area contributed by atoms with Crippen LogP contribution in [0.25, 0.3) is 22.2 Å². The maximum absolute atomic E-state index is 10.3. The minimum absolute atomic E-state index is 0.217. The van der Waals surface area contributed by atoms with Crippen LogP contribution < -0.4 is 4.74 Å². The van der Waals surface area contributed by atoms with Crippen LogP contribution in [0.5, 0.6) is 11.5 Å². The summed E-state index contributed by atoms with van der Waals surface area (Å²) in [6.07, 6.45) is 3.70. The Balaban J connectivity index is 2.23. The van der Waals surface area contributed by atoms with Crippen molar-refractivity contribution in [2.45, 2.75) is 26.7 Å². The number of nitrogens with zero attached hydrogens (tertiary/aromatic N) is 2. The first-order valence-electron chi connectivity index (χ1n) is 7.36. The van der Waals surface area contributed by atoms with Gasteiger partial charge < -0.3 is 9.84 Å². The lowest BCUT2D eigenvalue weighted by Crippen LogP contribution is -1.94. The number of hydrogen-bond acceptors (Lipinski definition) is 4. The van der Waals surface area contributed by atoms with E-state index >= 15 is 0 Å². The van der Waals surface area contributed by atoms with E-state index in [4.69, 9.17) is 9.72 Å². The average Bonchev–Trinajstić information content (AvgIpc) is 2.97. The number of pyridine rings is 1. The third-order valence-electron chi connectivity index (χ3n) is 3.86. The van der Waals surface area contributed by atoms with Crippen LogP contribution in [0.3, 0.4) is 0 Å². The molecule has 2 N–H and O–H groups in total. The topological polar surface area (TPSA) is 71.0 Å². The number of fused-ring (bicyclic) bond motifs is 1. The maximum atomic E-state index is 10.3. The molecule has 0 aliphatic carbocycles. The van der Waals surface area contributed by atoms with E-state index in [0.717, 1.165) is 52.0 Å². The van der Waals surface area contributed by atoms with Crippen molar-refractivity contribution in [2.24, 2.45) is 0 Å². The first kappa shape index (κ1) is 14.4. The molecule has 2 aromatic heterocycles. The van der Waals surface area contributed by atoms with E-state index in [9.17, 15) is 5.11 Å². The summed E-state index contributed by atoms with van der Waals surface area (Å²) in [4.78, 5) is 4.73. The van der Waals surface area contributed by atoms with Gasteiger partial charge in [0.05, 0.1) is 24.0 Å². The molecule has 22 heavy (non-hydrogen) atoms. The molecule has 5 nitrogen and oxygen atoms in total. The van der Waals surface area contributed by atoms with Gasteiger partial charge in [-0.05, 0) is 25.5 Å². The van der Waals surface area contributed by atoms with Crippen LogP contribution in [0.2, 0.25) is 0 Å². The fourth-order valence-corrected chi connectivity index (χ4v) is 2.72. The molecule has 0 fully saturated rings. The van der Waals surface area contributed by atoms with Gasteiger partial charge in [-0.15, -0.1) is 0 Å². The van der Waals surface area contributed by atoms with Gasteiger partial charge in [-0.25, -0.2) is 4.98 Å². The number of aromatic amines is 1. The van der Waals surface area contributed by atoms with Crippen LogP contribution in [-0.4, -0.2) is 27.4 Å². The lowest BCUT2D eigenvalue weighted by atomic mass is 10.0. The molecule has 1 aromatic carbocycles. The first-order valence-corrected chi connectivity index (χ1v) is 7.36. The second-order valence-electron chi connectivity index (χ2n) is 5.31. The third-order valence-corrected chi connectivity index (χ3v) is 3.86. The number of aromatic nitrogens is 3. The molecule has 3 rings (SSSR count). The maximum Gasteiger partial charge on any atom is 0.127 e. The Morgan fingerprint density at radius 3 is 2.86 bits per heavy atom. The Labute approximate surface area is 129 Å². The Kier molecular flexibility index (Phi) is 3.71. The van der Waals surface area contributed by atoms with Crippen LogP contribution in [-0.2, 0) is 6.42 Å². The van der Waals surface area contributed by atoms with Crippen LogP contribution in [0.4, 0.5) is 0 Å². The molecule has 0 saturated heterocycles. The van der Waals surface area contributed by atoms with Gasteiger partial charge in [-0.3, -0.25) is 5.10 Å². The smallest absolute Gasteiger partial charge is 0.127 e. The van der Waals surface area contributed by atoms with Gasteiger partial charge in [0.2, 0.25) is 0 Å². The van der Waals surface area contributed by atoms with Crippen molar-refractivity contribution in [3.05, 3.63) is 35.7 Å². The summed E-state index contributed by atoms with van der Waals surface area (Å²) < 4.78 is 5.35. The Morgan fingerprint density at radius 2 is 2.14 bits per heavy atom. The van der Waals surface area contributed by atoms with Crippen molar-refractivity contribution in [1.29, 1.82) is 0 Å². The van der Waals surface area contributed by atoms with Gasteiger partial charge >= 0.3 is 0 Å². The summed E-state index contributed by atoms with van der Waals surface area (Å²) in [5.41, 5.74) is 4.28. The van der Waals surface area contributed by atoms with Gasteiger partial charge in [-0.1, -0.05) is 13.3 Å². The molecular formula is C17H19N3O2. The molecule has 0 bridgehead atoms. The predicted octanol–water partition coefficient (Wildman–Crippen LogP) is 3.60. The zero-order valence-electron chi connectivity index (χ0n) is 13.0. The number of hydrogen-bond donors (Lipinski definition) is 2. The van der Waals surface area contributed by atoms with Crippen LogP contribution in [0.15, 0.2) is 24.4 Å². The minimum atomic E-state index is 0.217. The number of ether oxygens (including phenoxy) is 1. The molecule has 114 valence electrons. The van der Waals surface area contributed by atoms with Gasteiger partial charge in [0.25, 0.3) is 0 Å². The van der Waals surface area contributed by atoms with E-state index in [2.05, 4.69) is 17.1 Å². The highest BCUT2D eigenvalue weighted by Gasteiger charge is 2.14. The second kappa shape index (κ2) is 5.67. The lowest BCUT2D eigenvalue weighted by molar-refractivity contribution is 0.412. The van der Waals surface area contributed by atoms with Crippen molar-refractivity contribution >= 4 is 10.9 Å². The van der Waals surface area contributed by atoms with E-state index in [1.807, 2.05) is 25.3 Å². The highest BCUT2D eigenvalue weighted by molar-refractivity contribution is 5.91.